The van der Waals surface area contributed by atoms with Gasteiger partial charge in [-0.1, -0.05) is 20.8 Å². The average Bonchev–Trinajstić information content (AvgIpc) is 2.30. The molecule has 3 heteroatoms. The van der Waals surface area contributed by atoms with Crippen molar-refractivity contribution in [2.75, 3.05) is 6.67 Å². The molecule has 2 unspecified atom stereocenters. The summed E-state index contributed by atoms with van der Waals surface area (Å²) in [4.78, 5) is 13.6. The Bertz CT molecular complexity index is 207. The lowest BCUT2D eigenvalue weighted by atomic mass is 9.87. The zero-order valence-corrected chi connectivity index (χ0v) is 9.22. The lowest BCUT2D eigenvalue weighted by Crippen LogP contribution is -2.43. The molecule has 0 spiro atoms. The third kappa shape index (κ3) is 2.02. The molecule has 1 saturated heterocycles. The van der Waals surface area contributed by atoms with Crippen LogP contribution in [0.15, 0.2) is 0 Å². The zero-order chi connectivity index (χ0) is 10.2. The van der Waals surface area contributed by atoms with Crippen LogP contribution < -0.4 is 5.32 Å². The van der Waals surface area contributed by atoms with E-state index in [1.54, 1.807) is 0 Å². The van der Waals surface area contributed by atoms with Crippen molar-refractivity contribution in [1.82, 2.24) is 10.2 Å². The van der Waals surface area contributed by atoms with Crippen LogP contribution in [0.1, 0.15) is 34.6 Å². The Morgan fingerprint density at radius 2 is 2.08 bits per heavy atom. The molecule has 2 atom stereocenters. The van der Waals surface area contributed by atoms with Gasteiger partial charge in [-0.3, -0.25) is 10.1 Å². The number of amides is 1. The summed E-state index contributed by atoms with van der Waals surface area (Å²) < 4.78 is 0. The van der Waals surface area contributed by atoms with E-state index in [9.17, 15) is 4.79 Å². The summed E-state index contributed by atoms with van der Waals surface area (Å²) >= 11 is 0. The SMILES string of the molecule is CC1NCN(C(C)C(C)(C)C)C1=O. The fourth-order valence-corrected chi connectivity index (χ4v) is 1.44. The molecule has 0 aromatic heterocycles. The molecule has 1 heterocycles. The Morgan fingerprint density at radius 3 is 2.38 bits per heavy atom. The zero-order valence-electron chi connectivity index (χ0n) is 9.22. The van der Waals surface area contributed by atoms with Crippen molar-refractivity contribution in [3.8, 4) is 0 Å². The van der Waals surface area contributed by atoms with Gasteiger partial charge in [-0.05, 0) is 19.3 Å². The Kier molecular flexibility index (Phi) is 2.66. The van der Waals surface area contributed by atoms with E-state index in [0.29, 0.717) is 6.67 Å². The normalized spacial score (nSPS) is 26.7. The molecule has 1 N–H and O–H groups in total. The molecule has 1 aliphatic heterocycles. The summed E-state index contributed by atoms with van der Waals surface area (Å²) in [5.41, 5.74) is 0.154. The van der Waals surface area contributed by atoms with Crippen LogP contribution in [0, 0.1) is 5.41 Å². The monoisotopic (exact) mass is 184 g/mol. The molecule has 1 rings (SSSR count). The third-order valence-electron chi connectivity index (χ3n) is 2.94. The van der Waals surface area contributed by atoms with Gasteiger partial charge in [-0.15, -0.1) is 0 Å². The molecule has 0 radical (unpaired) electrons. The van der Waals surface area contributed by atoms with Gasteiger partial charge in [0.1, 0.15) is 0 Å². The molecular weight excluding hydrogens is 164 g/mol. The highest BCUT2D eigenvalue weighted by atomic mass is 16.2. The second kappa shape index (κ2) is 3.29. The quantitative estimate of drug-likeness (QED) is 0.664. The summed E-state index contributed by atoms with van der Waals surface area (Å²) in [5.74, 6) is 0.224. The molecule has 3 nitrogen and oxygen atoms in total. The van der Waals surface area contributed by atoms with Gasteiger partial charge in [-0.2, -0.15) is 0 Å². The predicted molar refractivity (Wildman–Crippen MR) is 53.2 cm³/mol. The number of nitrogens with one attached hydrogen (secondary N) is 1. The topological polar surface area (TPSA) is 32.3 Å². The third-order valence-corrected chi connectivity index (χ3v) is 2.94. The first kappa shape index (κ1) is 10.5. The van der Waals surface area contributed by atoms with E-state index < -0.39 is 0 Å². The number of carbonyl (C=O) groups excluding carboxylic acids is 1. The molecular formula is C10H20N2O. The van der Waals surface area contributed by atoms with Crippen molar-refractivity contribution >= 4 is 5.91 Å². The van der Waals surface area contributed by atoms with Crippen LogP contribution in [0.4, 0.5) is 0 Å². The van der Waals surface area contributed by atoms with Gasteiger partial charge in [0.05, 0.1) is 12.7 Å². The first-order valence-electron chi connectivity index (χ1n) is 4.88. The minimum atomic E-state index is -0.00944. The number of rotatable bonds is 1. The molecule has 0 bridgehead atoms. The number of hydrogen-bond donors (Lipinski definition) is 1. The lowest BCUT2D eigenvalue weighted by molar-refractivity contribution is -0.132. The Morgan fingerprint density at radius 1 is 1.54 bits per heavy atom. The molecule has 0 saturated carbocycles. The number of nitrogens with zero attached hydrogens (tertiary/aromatic N) is 1. The van der Waals surface area contributed by atoms with E-state index in [1.807, 2.05) is 11.8 Å². The molecule has 1 aliphatic rings. The molecule has 13 heavy (non-hydrogen) atoms. The van der Waals surface area contributed by atoms with Crippen molar-refractivity contribution in [3.63, 3.8) is 0 Å². The van der Waals surface area contributed by atoms with Gasteiger partial charge < -0.3 is 4.90 Å². The van der Waals surface area contributed by atoms with Crippen molar-refractivity contribution in [1.29, 1.82) is 0 Å². The summed E-state index contributed by atoms with van der Waals surface area (Å²) in [6, 6.07) is 0.280. The summed E-state index contributed by atoms with van der Waals surface area (Å²) in [5, 5.41) is 3.15. The maximum absolute atomic E-state index is 11.7. The molecule has 0 aromatic carbocycles. The van der Waals surface area contributed by atoms with Crippen molar-refractivity contribution < 1.29 is 4.79 Å². The van der Waals surface area contributed by atoms with Crippen molar-refractivity contribution in [3.05, 3.63) is 0 Å². The van der Waals surface area contributed by atoms with Crippen LogP contribution >= 0.6 is 0 Å². The number of hydrogen-bond acceptors (Lipinski definition) is 2. The van der Waals surface area contributed by atoms with E-state index in [2.05, 4.69) is 33.0 Å². The minimum absolute atomic E-state index is 0.00944. The first-order chi connectivity index (χ1) is 5.84. The highest BCUT2D eigenvalue weighted by Crippen LogP contribution is 2.25. The first-order valence-corrected chi connectivity index (χ1v) is 4.88. The highest BCUT2D eigenvalue weighted by molar-refractivity contribution is 5.83. The van der Waals surface area contributed by atoms with Gasteiger partial charge in [-0.25, -0.2) is 0 Å². The van der Waals surface area contributed by atoms with Gasteiger partial charge >= 0.3 is 0 Å². The van der Waals surface area contributed by atoms with Gasteiger partial charge in [0.15, 0.2) is 0 Å². The average molecular weight is 184 g/mol. The second-order valence-electron chi connectivity index (χ2n) is 4.93. The van der Waals surface area contributed by atoms with Crippen molar-refractivity contribution in [2.24, 2.45) is 5.41 Å². The maximum Gasteiger partial charge on any atom is 0.240 e. The number of carbonyl (C=O) groups is 1. The van der Waals surface area contributed by atoms with Gasteiger partial charge in [0.2, 0.25) is 5.91 Å². The van der Waals surface area contributed by atoms with Crippen LogP contribution in [0.5, 0.6) is 0 Å². The second-order valence-corrected chi connectivity index (χ2v) is 4.93. The van der Waals surface area contributed by atoms with Crippen LogP contribution in [0.3, 0.4) is 0 Å². The summed E-state index contributed by atoms with van der Waals surface area (Å²) in [7, 11) is 0. The highest BCUT2D eigenvalue weighted by Gasteiger charge is 2.35. The largest absolute Gasteiger partial charge is 0.325 e. The molecule has 1 fully saturated rings. The standard InChI is InChI=1S/C10H20N2O/c1-7-9(13)12(6-11-7)8(2)10(3,4)5/h7-8,11H,6H2,1-5H3. The fraction of sp³-hybridized carbons (Fsp3) is 0.900. The fourth-order valence-electron chi connectivity index (χ4n) is 1.44. The van der Waals surface area contributed by atoms with Gasteiger partial charge in [0.25, 0.3) is 0 Å². The minimum Gasteiger partial charge on any atom is -0.325 e. The van der Waals surface area contributed by atoms with Crippen LogP contribution in [-0.2, 0) is 4.79 Å². The van der Waals surface area contributed by atoms with Crippen LogP contribution in [0.25, 0.3) is 0 Å². The van der Waals surface area contributed by atoms with Crippen molar-refractivity contribution in [2.45, 2.75) is 46.7 Å². The van der Waals surface area contributed by atoms with E-state index in [-0.39, 0.29) is 23.4 Å². The molecule has 76 valence electrons. The molecule has 0 aromatic rings. The van der Waals surface area contributed by atoms with E-state index in [4.69, 9.17) is 0 Å². The Labute approximate surface area is 80.5 Å². The van der Waals surface area contributed by atoms with E-state index in [1.165, 1.54) is 0 Å². The van der Waals surface area contributed by atoms with Crippen LogP contribution in [-0.4, -0.2) is 29.6 Å². The maximum atomic E-state index is 11.7. The predicted octanol–water partition coefficient (Wildman–Crippen LogP) is 1.20. The van der Waals surface area contributed by atoms with Gasteiger partial charge in [0, 0.05) is 6.04 Å². The van der Waals surface area contributed by atoms with E-state index in [0.717, 1.165) is 0 Å². The Hall–Kier alpha value is -0.570. The van der Waals surface area contributed by atoms with Crippen LogP contribution in [0.2, 0.25) is 0 Å². The smallest absolute Gasteiger partial charge is 0.240 e. The Balaban J connectivity index is 2.69. The van der Waals surface area contributed by atoms with E-state index >= 15 is 0 Å². The lowest BCUT2D eigenvalue weighted by Gasteiger charge is -2.34. The molecule has 0 aliphatic carbocycles. The molecule has 1 amide bonds. The summed E-state index contributed by atoms with van der Waals surface area (Å²) in [6.45, 7) is 11.2. The summed E-state index contributed by atoms with van der Waals surface area (Å²) in [6.07, 6.45) is 0.